The summed E-state index contributed by atoms with van der Waals surface area (Å²) in [7, 11) is 0. The molecule has 320 valence electrons. The Morgan fingerprint density at radius 2 is 1.36 bits per heavy atom. The maximum absolute atomic E-state index is 14.8. The van der Waals surface area contributed by atoms with E-state index in [-0.39, 0.29) is 33.7 Å². The number of aliphatic hydroxyl groups is 9. The highest BCUT2D eigenvalue weighted by Crippen LogP contribution is 2.76. The predicted molar refractivity (Wildman–Crippen MR) is 199 cm³/mol. The minimum absolute atomic E-state index is 0.00601. The Bertz CT molecular complexity index is 1520. The molecular weight excluding hydrogens is 728 g/mol. The smallest absolute Gasteiger partial charge is 0.317 e. The van der Waals surface area contributed by atoms with Crippen molar-refractivity contribution in [1.29, 1.82) is 0 Å². The third-order valence-corrected chi connectivity index (χ3v) is 17.2. The van der Waals surface area contributed by atoms with E-state index in [0.29, 0.717) is 37.5 Å². The third kappa shape index (κ3) is 6.13. The number of hydrogen-bond donors (Lipinski definition) is 9. The number of esters is 1. The summed E-state index contributed by atoms with van der Waals surface area (Å²) in [5.41, 5.74) is -1.17. The van der Waals surface area contributed by atoms with Crippen LogP contribution in [-0.4, -0.2) is 139 Å². The van der Waals surface area contributed by atoms with Crippen LogP contribution in [0.4, 0.5) is 0 Å². The molecule has 19 atom stereocenters. The lowest BCUT2D eigenvalue weighted by atomic mass is 9.33. The number of carbonyl (C=O) groups is 1. The number of rotatable bonds is 6. The molecule has 0 aromatic rings. The van der Waals surface area contributed by atoms with Gasteiger partial charge in [-0.3, -0.25) is 4.79 Å². The van der Waals surface area contributed by atoms with Crippen molar-refractivity contribution >= 4 is 5.97 Å². The fourth-order valence-corrected chi connectivity index (χ4v) is 13.6. The normalized spacial score (nSPS) is 53.7. The lowest BCUT2D eigenvalue weighted by Gasteiger charge is -2.71. The van der Waals surface area contributed by atoms with Crippen LogP contribution < -0.4 is 0 Å². The van der Waals surface area contributed by atoms with Gasteiger partial charge in [0, 0.05) is 0 Å². The summed E-state index contributed by atoms with van der Waals surface area (Å²) in [6, 6.07) is 0. The van der Waals surface area contributed by atoms with E-state index in [1.165, 1.54) is 5.57 Å². The van der Waals surface area contributed by atoms with Crippen LogP contribution in [0.2, 0.25) is 0 Å². The molecule has 2 saturated heterocycles. The summed E-state index contributed by atoms with van der Waals surface area (Å²) in [6.07, 6.45) is -9.35. The zero-order valence-electron chi connectivity index (χ0n) is 34.1. The van der Waals surface area contributed by atoms with Gasteiger partial charge in [0.05, 0.1) is 25.4 Å². The van der Waals surface area contributed by atoms with E-state index in [2.05, 4.69) is 54.5 Å². The molecule has 0 bridgehead atoms. The fourth-order valence-electron chi connectivity index (χ4n) is 13.6. The van der Waals surface area contributed by atoms with E-state index in [1.807, 2.05) is 0 Å². The number of carbonyl (C=O) groups excluding carboxylic acids is 1. The lowest BCUT2D eigenvalue weighted by molar-refractivity contribution is -0.357. The van der Waals surface area contributed by atoms with E-state index in [1.54, 1.807) is 0 Å². The van der Waals surface area contributed by atoms with Gasteiger partial charge in [-0.05, 0) is 103 Å². The molecule has 7 aliphatic rings. The molecule has 2 heterocycles. The van der Waals surface area contributed by atoms with E-state index in [4.69, 9.17) is 18.9 Å². The van der Waals surface area contributed by atoms with Gasteiger partial charge in [-0.25, -0.2) is 0 Å². The Labute approximate surface area is 330 Å². The van der Waals surface area contributed by atoms with Gasteiger partial charge in [-0.15, -0.1) is 0 Å². The maximum atomic E-state index is 14.8. The molecule has 2 aliphatic heterocycles. The summed E-state index contributed by atoms with van der Waals surface area (Å²) in [4.78, 5) is 14.8. The van der Waals surface area contributed by atoms with Gasteiger partial charge in [-0.2, -0.15) is 0 Å². The van der Waals surface area contributed by atoms with E-state index < -0.39 is 97.5 Å². The van der Waals surface area contributed by atoms with Crippen molar-refractivity contribution in [2.75, 3.05) is 13.2 Å². The Balaban J connectivity index is 1.16. The van der Waals surface area contributed by atoms with Gasteiger partial charge >= 0.3 is 5.97 Å². The van der Waals surface area contributed by atoms with Crippen molar-refractivity contribution in [2.24, 2.45) is 50.2 Å². The monoisotopic (exact) mass is 796 g/mol. The van der Waals surface area contributed by atoms with Crippen molar-refractivity contribution in [3.8, 4) is 0 Å². The van der Waals surface area contributed by atoms with Gasteiger partial charge in [0.2, 0.25) is 6.29 Å². The van der Waals surface area contributed by atoms with Gasteiger partial charge in [-0.1, -0.05) is 60.1 Å². The average molecular weight is 797 g/mol. The van der Waals surface area contributed by atoms with Crippen molar-refractivity contribution in [2.45, 2.75) is 180 Å². The number of aliphatic hydroxyl groups excluding tert-OH is 9. The van der Waals surface area contributed by atoms with Crippen LogP contribution in [0.5, 0.6) is 0 Å². The first-order chi connectivity index (χ1) is 26.0. The molecule has 0 unspecified atom stereocenters. The van der Waals surface area contributed by atoms with Gasteiger partial charge in [0.15, 0.2) is 6.29 Å². The lowest BCUT2D eigenvalue weighted by Crippen LogP contribution is -2.68. The molecule has 0 aromatic heterocycles. The van der Waals surface area contributed by atoms with Crippen LogP contribution in [0, 0.1) is 50.2 Å². The molecule has 4 saturated carbocycles. The molecule has 7 rings (SSSR count). The minimum atomic E-state index is -1.89. The highest BCUT2D eigenvalue weighted by Gasteiger charge is 2.72. The second kappa shape index (κ2) is 14.4. The first-order valence-corrected chi connectivity index (χ1v) is 20.9. The molecule has 14 nitrogen and oxygen atoms in total. The van der Waals surface area contributed by atoms with Crippen LogP contribution in [-0.2, 0) is 23.7 Å². The van der Waals surface area contributed by atoms with Crippen LogP contribution in [0.25, 0.3) is 0 Å². The summed E-state index contributed by atoms with van der Waals surface area (Å²) in [6.45, 7) is 14.4. The highest BCUT2D eigenvalue weighted by molar-refractivity contribution is 5.80. The molecule has 6 fully saturated rings. The SMILES string of the molecule is CC1(C)CC[C@]2(C(=O)O[C@@H]3O[C@H](CO)[C@@H](O[C@@H]4O[C@H](CO)[C@H](O)[C@H](O)[C@H]4O)[C@H](O)[C@H]3O)[C@H](O)C[C@]3(C)C(=CC[C@@H]4[C@@]5(C)CC[C@H](O)C(C)(C)[C@@H]5CC[C@]43C)[C@@H]2C1. The topological polar surface area (TPSA) is 236 Å². The van der Waals surface area contributed by atoms with Gasteiger partial charge in [0.1, 0.15) is 54.2 Å². The Hall–Kier alpha value is -1.27. The van der Waals surface area contributed by atoms with E-state index in [9.17, 15) is 50.8 Å². The third-order valence-electron chi connectivity index (χ3n) is 17.2. The Kier molecular flexibility index (Phi) is 11.0. The van der Waals surface area contributed by atoms with Crippen LogP contribution in [0.15, 0.2) is 11.6 Å². The van der Waals surface area contributed by atoms with Crippen molar-refractivity contribution in [1.82, 2.24) is 0 Å². The summed E-state index contributed by atoms with van der Waals surface area (Å²) >= 11 is 0. The highest BCUT2D eigenvalue weighted by atomic mass is 16.7. The molecule has 5 aliphatic carbocycles. The Morgan fingerprint density at radius 1 is 0.714 bits per heavy atom. The predicted octanol–water partition coefficient (Wildman–Crippen LogP) is 1.29. The zero-order valence-corrected chi connectivity index (χ0v) is 34.1. The number of hydrogen-bond acceptors (Lipinski definition) is 14. The van der Waals surface area contributed by atoms with Gasteiger partial charge in [0.25, 0.3) is 0 Å². The largest absolute Gasteiger partial charge is 0.432 e. The van der Waals surface area contributed by atoms with Crippen molar-refractivity contribution < 1.29 is 69.7 Å². The van der Waals surface area contributed by atoms with Crippen LogP contribution in [0.1, 0.15) is 106 Å². The molecule has 0 spiro atoms. The van der Waals surface area contributed by atoms with Gasteiger partial charge < -0.3 is 64.9 Å². The van der Waals surface area contributed by atoms with Crippen molar-refractivity contribution in [3.05, 3.63) is 11.6 Å². The standard InChI is InChI=1S/C42H68O14/c1-37(2)14-15-42(36(52)56-35-32(51)30(49)33(23(19-44)54-35)55-34-31(50)29(48)28(47)22(18-43)53-34)21(16-37)20-8-9-25-39(5)12-11-26(45)38(3,4)24(39)10-13-40(25,6)41(20,7)17-27(42)46/h8,21-35,43-51H,9-19H2,1-7H3/t21-,22+,23+,24-,25+,26-,27+,28-,29-,30+,31+,32+,33+,34-,35-,39-,40+,41+,42+/m0/s1. The molecule has 9 N–H and O–H groups in total. The summed E-state index contributed by atoms with van der Waals surface area (Å²) in [5, 5.41) is 97.1. The van der Waals surface area contributed by atoms with E-state index >= 15 is 0 Å². The second-order valence-electron chi connectivity index (χ2n) is 20.8. The number of fused-ring (bicyclic) bond motifs is 7. The quantitative estimate of drug-likeness (QED) is 0.136. The summed E-state index contributed by atoms with van der Waals surface area (Å²) in [5.74, 6) is -0.449. The Morgan fingerprint density at radius 3 is 2.02 bits per heavy atom. The molecule has 0 amide bonds. The van der Waals surface area contributed by atoms with Crippen LogP contribution >= 0.6 is 0 Å². The first-order valence-electron chi connectivity index (χ1n) is 20.9. The average Bonchev–Trinajstić information content (AvgIpc) is 3.13. The molecule has 0 aromatic carbocycles. The first kappa shape index (κ1) is 42.8. The molecule has 56 heavy (non-hydrogen) atoms. The number of ether oxygens (including phenoxy) is 4. The second-order valence-corrected chi connectivity index (χ2v) is 20.8. The van der Waals surface area contributed by atoms with Crippen LogP contribution in [0.3, 0.4) is 0 Å². The summed E-state index contributed by atoms with van der Waals surface area (Å²) < 4.78 is 23.0. The number of allylic oxidation sites excluding steroid dienone is 2. The molecule has 0 radical (unpaired) electrons. The maximum Gasteiger partial charge on any atom is 0.317 e. The minimum Gasteiger partial charge on any atom is -0.432 e. The molecular formula is C42H68O14. The van der Waals surface area contributed by atoms with E-state index in [0.717, 1.165) is 32.1 Å². The zero-order chi connectivity index (χ0) is 41.1. The molecule has 14 heteroatoms. The fraction of sp³-hybridized carbons (Fsp3) is 0.929. The van der Waals surface area contributed by atoms with Crippen molar-refractivity contribution in [3.63, 3.8) is 0 Å².